The van der Waals surface area contributed by atoms with E-state index in [9.17, 15) is 13.2 Å². The van der Waals surface area contributed by atoms with Crippen LogP contribution in [0.5, 0.6) is 0 Å². The minimum atomic E-state index is -3.61. The van der Waals surface area contributed by atoms with Gasteiger partial charge in [-0.25, -0.2) is 8.42 Å². The van der Waals surface area contributed by atoms with Gasteiger partial charge in [0.25, 0.3) is 10.0 Å². The fourth-order valence-electron chi connectivity index (χ4n) is 3.89. The van der Waals surface area contributed by atoms with E-state index in [1.54, 1.807) is 24.3 Å². The largest absolute Gasteiger partial charge is 0.354 e. The molecule has 0 bridgehead atoms. The molecular weight excluding hydrogens is 388 g/mol. The van der Waals surface area contributed by atoms with E-state index in [1.165, 1.54) is 12.8 Å². The van der Waals surface area contributed by atoms with Gasteiger partial charge in [0.05, 0.1) is 4.90 Å². The Hall–Kier alpha value is -1.93. The summed E-state index contributed by atoms with van der Waals surface area (Å²) in [6.07, 6.45) is 4.08. The number of carbonyl (C=O) groups excluding carboxylic acids is 1. The molecule has 2 N–H and O–H groups in total. The molecule has 2 atom stereocenters. The predicted octanol–water partition coefficient (Wildman–Crippen LogP) is 1.99. The first kappa shape index (κ1) is 21.8. The van der Waals surface area contributed by atoms with Crippen molar-refractivity contribution in [2.75, 3.05) is 26.7 Å². The average Bonchev–Trinajstić information content (AvgIpc) is 2.97. The highest BCUT2D eigenvalue weighted by Crippen LogP contribution is 2.24. The summed E-state index contributed by atoms with van der Waals surface area (Å²) in [6.45, 7) is 6.84. The van der Waals surface area contributed by atoms with Crippen LogP contribution in [-0.2, 0) is 14.8 Å². The molecule has 160 valence electrons. The van der Waals surface area contributed by atoms with Crippen LogP contribution in [0.25, 0.3) is 0 Å². The van der Waals surface area contributed by atoms with Crippen LogP contribution < -0.4 is 10.0 Å². The van der Waals surface area contributed by atoms with Gasteiger partial charge in [-0.3, -0.25) is 14.5 Å². The normalized spacial score (nSPS) is 22.7. The van der Waals surface area contributed by atoms with Gasteiger partial charge in [-0.05, 0) is 63.4 Å². The van der Waals surface area contributed by atoms with E-state index >= 15 is 0 Å². The minimum Gasteiger partial charge on any atom is -0.354 e. The Morgan fingerprint density at radius 2 is 2.00 bits per heavy atom. The molecule has 1 aromatic carbocycles. The lowest BCUT2D eigenvalue weighted by molar-refractivity contribution is -0.123. The van der Waals surface area contributed by atoms with Crippen LogP contribution in [0.1, 0.15) is 45.1 Å². The molecular formula is C21H32N4O3S. The number of likely N-dealkylation sites (tertiary alicyclic amines) is 1. The highest BCUT2D eigenvalue weighted by atomic mass is 32.2. The van der Waals surface area contributed by atoms with Crippen molar-refractivity contribution < 1.29 is 13.2 Å². The summed E-state index contributed by atoms with van der Waals surface area (Å²) in [5.41, 5.74) is 0.528. The van der Waals surface area contributed by atoms with Crippen LogP contribution in [0.4, 0.5) is 0 Å². The molecule has 2 aliphatic rings. The first-order chi connectivity index (χ1) is 13.8. The molecule has 2 aliphatic heterocycles. The minimum absolute atomic E-state index is 0.00287. The number of hydrogen-bond acceptors (Lipinski definition) is 5. The van der Waals surface area contributed by atoms with Gasteiger partial charge in [0.1, 0.15) is 11.9 Å². The van der Waals surface area contributed by atoms with E-state index in [-0.39, 0.29) is 22.6 Å². The van der Waals surface area contributed by atoms with E-state index in [2.05, 4.69) is 27.0 Å². The maximum Gasteiger partial charge on any atom is 0.263 e. The second kappa shape index (κ2) is 9.26. The highest BCUT2D eigenvalue weighted by molar-refractivity contribution is 7.90. The molecule has 1 amide bonds. The number of piperidine rings is 1. The van der Waals surface area contributed by atoms with Gasteiger partial charge in [-0.1, -0.05) is 32.4 Å². The third-order valence-corrected chi connectivity index (χ3v) is 7.47. The van der Waals surface area contributed by atoms with Gasteiger partial charge in [0.2, 0.25) is 5.91 Å². The summed E-state index contributed by atoms with van der Waals surface area (Å²) in [5, 5.41) is 3.04. The van der Waals surface area contributed by atoms with Crippen LogP contribution in [0, 0.1) is 11.8 Å². The Morgan fingerprint density at radius 1 is 1.31 bits per heavy atom. The third kappa shape index (κ3) is 5.17. The zero-order valence-corrected chi connectivity index (χ0v) is 18.3. The lowest BCUT2D eigenvalue weighted by Gasteiger charge is -2.29. The molecule has 0 spiro atoms. The van der Waals surface area contributed by atoms with Gasteiger partial charge in [0, 0.05) is 12.1 Å². The molecule has 3 rings (SSSR count). The summed E-state index contributed by atoms with van der Waals surface area (Å²) in [4.78, 5) is 20.0. The molecule has 0 aromatic heterocycles. The van der Waals surface area contributed by atoms with Crippen molar-refractivity contribution in [1.82, 2.24) is 14.9 Å². The smallest absolute Gasteiger partial charge is 0.263 e. The highest BCUT2D eigenvalue weighted by Gasteiger charge is 2.33. The molecule has 1 aromatic rings. The van der Waals surface area contributed by atoms with Crippen molar-refractivity contribution in [2.45, 2.75) is 50.5 Å². The zero-order valence-electron chi connectivity index (χ0n) is 17.5. The molecule has 8 heteroatoms. The fraction of sp³-hybridized carbons (Fsp3) is 0.619. The number of rotatable bonds is 7. The number of fused-ring (bicyclic) bond motifs is 1. The average molecular weight is 421 g/mol. The number of aliphatic imine (C=N–C) groups is 1. The second-order valence-electron chi connectivity index (χ2n) is 8.24. The number of carbonyl (C=O) groups is 1. The molecule has 7 nitrogen and oxygen atoms in total. The van der Waals surface area contributed by atoms with E-state index in [4.69, 9.17) is 0 Å². The van der Waals surface area contributed by atoms with E-state index in [0.29, 0.717) is 18.0 Å². The Balaban J connectivity index is 1.68. The first-order valence-corrected chi connectivity index (χ1v) is 12.0. The van der Waals surface area contributed by atoms with Crippen LogP contribution in [0.2, 0.25) is 0 Å². The number of sulfonamides is 1. The monoisotopic (exact) mass is 420 g/mol. The molecule has 1 fully saturated rings. The van der Waals surface area contributed by atoms with Gasteiger partial charge in [-0.15, -0.1) is 0 Å². The van der Waals surface area contributed by atoms with Crippen molar-refractivity contribution in [2.24, 2.45) is 16.8 Å². The Bertz CT molecular complexity index is 860. The number of nitrogens with zero attached hydrogens (tertiary/aromatic N) is 2. The number of hydrogen-bond donors (Lipinski definition) is 2. The molecule has 2 heterocycles. The zero-order chi connectivity index (χ0) is 21.0. The quantitative estimate of drug-likeness (QED) is 0.706. The van der Waals surface area contributed by atoms with Crippen LogP contribution >= 0.6 is 0 Å². The van der Waals surface area contributed by atoms with Crippen molar-refractivity contribution >= 4 is 21.8 Å². The topological polar surface area (TPSA) is 90.9 Å². The van der Waals surface area contributed by atoms with Gasteiger partial charge < -0.3 is 10.2 Å². The molecule has 0 saturated carbocycles. The number of benzene rings is 1. The summed E-state index contributed by atoms with van der Waals surface area (Å²) >= 11 is 0. The van der Waals surface area contributed by atoms with Crippen molar-refractivity contribution in [3.63, 3.8) is 0 Å². The van der Waals surface area contributed by atoms with Crippen molar-refractivity contribution in [1.29, 1.82) is 0 Å². The van der Waals surface area contributed by atoms with Crippen LogP contribution in [-0.4, -0.2) is 57.8 Å². The van der Waals surface area contributed by atoms with Gasteiger partial charge >= 0.3 is 0 Å². The van der Waals surface area contributed by atoms with Crippen molar-refractivity contribution in [3.05, 3.63) is 29.8 Å². The molecule has 0 unspecified atom stereocenters. The maximum atomic E-state index is 12.9. The molecule has 1 saturated heterocycles. The van der Waals surface area contributed by atoms with E-state index in [1.807, 2.05) is 13.8 Å². The summed E-state index contributed by atoms with van der Waals surface area (Å²) in [5.74, 6) is 0.774. The number of amides is 1. The third-order valence-electron chi connectivity index (χ3n) is 6.07. The summed E-state index contributed by atoms with van der Waals surface area (Å²) in [7, 11) is -1.47. The molecule has 0 radical (unpaired) electrons. The maximum absolute atomic E-state index is 12.9. The SMILES string of the molecule is CC[C@H](C)[C@H](N=C1NS(=O)(=O)c2ccccc21)C(=O)NCCC1CCN(C)CC1. The van der Waals surface area contributed by atoms with E-state index < -0.39 is 16.1 Å². The van der Waals surface area contributed by atoms with Gasteiger partial charge in [-0.2, -0.15) is 0 Å². The van der Waals surface area contributed by atoms with E-state index in [0.717, 1.165) is 25.9 Å². The summed E-state index contributed by atoms with van der Waals surface area (Å²) < 4.78 is 27.2. The second-order valence-corrected chi connectivity index (χ2v) is 9.89. The predicted molar refractivity (Wildman–Crippen MR) is 114 cm³/mol. The Kier molecular flexibility index (Phi) is 6.95. The van der Waals surface area contributed by atoms with Crippen molar-refractivity contribution in [3.8, 4) is 0 Å². The van der Waals surface area contributed by atoms with Crippen LogP contribution in [0.3, 0.4) is 0 Å². The fourth-order valence-corrected chi connectivity index (χ4v) is 5.13. The number of nitrogens with one attached hydrogen (secondary N) is 2. The summed E-state index contributed by atoms with van der Waals surface area (Å²) in [6, 6.07) is 6.11. The molecule has 29 heavy (non-hydrogen) atoms. The standard InChI is InChI=1S/C21H32N4O3S/c1-4-15(2)19(21(26)22-12-9-16-10-13-25(3)14-11-16)23-20-17-7-5-6-8-18(17)29(27,28)24-20/h5-8,15-16,19H,4,9-14H2,1-3H3,(H,22,26)(H,23,24)/t15-,19-/m0/s1. The number of amidine groups is 1. The molecule has 0 aliphatic carbocycles. The van der Waals surface area contributed by atoms with Crippen LogP contribution in [0.15, 0.2) is 34.2 Å². The first-order valence-electron chi connectivity index (χ1n) is 10.5. The lowest BCUT2D eigenvalue weighted by atomic mass is 9.93. The Morgan fingerprint density at radius 3 is 2.69 bits per heavy atom. The Labute approximate surface area is 174 Å². The van der Waals surface area contributed by atoms with Gasteiger partial charge in [0.15, 0.2) is 0 Å². The lowest BCUT2D eigenvalue weighted by Crippen LogP contribution is -2.40.